The first-order chi connectivity index (χ1) is 17.2. The monoisotopic (exact) mass is 500 g/mol. The lowest BCUT2D eigenvalue weighted by Gasteiger charge is -2.23. The maximum absolute atomic E-state index is 13.0. The second-order valence-corrected chi connectivity index (χ2v) is 8.67. The van der Waals surface area contributed by atoms with Crippen LogP contribution in [0.5, 0.6) is 5.88 Å². The van der Waals surface area contributed by atoms with Crippen molar-refractivity contribution in [2.45, 2.75) is 51.6 Å². The highest BCUT2D eigenvalue weighted by molar-refractivity contribution is 5.68. The minimum absolute atomic E-state index is 0.00228. The lowest BCUT2D eigenvalue weighted by molar-refractivity contribution is -0.141. The first-order valence-corrected chi connectivity index (χ1v) is 11.4. The molecule has 0 amide bonds. The topological polar surface area (TPSA) is 124 Å². The molecule has 1 saturated heterocycles. The number of imidazole rings is 1. The van der Waals surface area contributed by atoms with Gasteiger partial charge in [0.15, 0.2) is 11.9 Å². The SMILES string of the molecule is Cc1c(-c2cc(O[C@H](C)c3nncn3CC(F)(F)F)n3c(C#N)cnc3c2)nnn1C1CCNCC1. The van der Waals surface area contributed by atoms with Gasteiger partial charge in [0.05, 0.1) is 17.9 Å². The second-order valence-electron chi connectivity index (χ2n) is 8.67. The first-order valence-electron chi connectivity index (χ1n) is 11.4. The van der Waals surface area contributed by atoms with Crippen molar-refractivity contribution in [3.8, 4) is 23.2 Å². The normalized spacial score (nSPS) is 15.8. The lowest BCUT2D eigenvalue weighted by Crippen LogP contribution is -2.30. The molecule has 36 heavy (non-hydrogen) atoms. The van der Waals surface area contributed by atoms with Gasteiger partial charge in [-0.05, 0) is 45.8 Å². The summed E-state index contributed by atoms with van der Waals surface area (Å²) in [6.07, 6.45) is -1.05. The van der Waals surface area contributed by atoms with Crippen LogP contribution in [0.2, 0.25) is 0 Å². The van der Waals surface area contributed by atoms with E-state index in [0.717, 1.165) is 42.5 Å². The minimum Gasteiger partial charge on any atom is -0.467 e. The summed E-state index contributed by atoms with van der Waals surface area (Å²) in [5, 5.41) is 29.1. The van der Waals surface area contributed by atoms with E-state index >= 15 is 0 Å². The Morgan fingerprint density at radius 1 is 1.25 bits per heavy atom. The van der Waals surface area contributed by atoms with Crippen LogP contribution in [0.15, 0.2) is 24.7 Å². The smallest absolute Gasteiger partial charge is 0.406 e. The van der Waals surface area contributed by atoms with Crippen LogP contribution in [0.1, 0.15) is 49.1 Å². The largest absolute Gasteiger partial charge is 0.467 e. The molecule has 0 spiro atoms. The predicted octanol–water partition coefficient (Wildman–Crippen LogP) is 2.99. The Hall–Kier alpha value is -3.99. The number of fused-ring (bicyclic) bond motifs is 1. The van der Waals surface area contributed by atoms with Gasteiger partial charge in [-0.25, -0.2) is 9.67 Å². The highest BCUT2D eigenvalue weighted by Gasteiger charge is 2.31. The van der Waals surface area contributed by atoms with E-state index in [-0.39, 0.29) is 23.4 Å². The summed E-state index contributed by atoms with van der Waals surface area (Å²) in [6, 6.07) is 5.75. The van der Waals surface area contributed by atoms with E-state index in [9.17, 15) is 18.4 Å². The van der Waals surface area contributed by atoms with Gasteiger partial charge in [-0.3, -0.25) is 4.40 Å². The van der Waals surface area contributed by atoms with Crippen molar-refractivity contribution in [3.63, 3.8) is 0 Å². The zero-order chi connectivity index (χ0) is 25.4. The van der Waals surface area contributed by atoms with Crippen LogP contribution in [0.25, 0.3) is 16.9 Å². The van der Waals surface area contributed by atoms with Crippen molar-refractivity contribution < 1.29 is 17.9 Å². The van der Waals surface area contributed by atoms with E-state index in [4.69, 9.17) is 4.74 Å². The zero-order valence-corrected chi connectivity index (χ0v) is 19.6. The summed E-state index contributed by atoms with van der Waals surface area (Å²) in [5.74, 6) is 0.207. The van der Waals surface area contributed by atoms with Gasteiger partial charge >= 0.3 is 6.18 Å². The van der Waals surface area contributed by atoms with Crippen LogP contribution in [0, 0.1) is 18.3 Å². The third-order valence-corrected chi connectivity index (χ3v) is 6.20. The molecule has 1 fully saturated rings. The van der Waals surface area contributed by atoms with Gasteiger partial charge in [0, 0.05) is 11.6 Å². The molecular formula is C22H23F3N10O. The number of nitrogens with one attached hydrogen (secondary N) is 1. The van der Waals surface area contributed by atoms with Crippen molar-refractivity contribution in [2.24, 2.45) is 0 Å². The Balaban J connectivity index is 1.53. The average Bonchev–Trinajstić information content (AvgIpc) is 3.56. The van der Waals surface area contributed by atoms with Gasteiger partial charge < -0.3 is 14.6 Å². The molecule has 5 rings (SSSR count). The molecule has 4 aromatic heterocycles. The number of hydrogen-bond acceptors (Lipinski definition) is 8. The molecule has 1 aliphatic rings. The molecule has 1 atom stereocenters. The van der Waals surface area contributed by atoms with Crippen LogP contribution in [-0.2, 0) is 6.54 Å². The van der Waals surface area contributed by atoms with Crippen LogP contribution >= 0.6 is 0 Å². The molecule has 188 valence electrons. The quantitative estimate of drug-likeness (QED) is 0.429. The Bertz CT molecular complexity index is 1420. The van der Waals surface area contributed by atoms with Crippen LogP contribution < -0.4 is 10.1 Å². The van der Waals surface area contributed by atoms with E-state index < -0.39 is 18.8 Å². The molecule has 4 aromatic rings. The number of hydrogen-bond donors (Lipinski definition) is 1. The van der Waals surface area contributed by atoms with Gasteiger partial charge in [-0.2, -0.15) is 18.4 Å². The fourth-order valence-corrected chi connectivity index (χ4v) is 4.51. The summed E-state index contributed by atoms with van der Waals surface area (Å²) < 4.78 is 49.3. The second kappa shape index (κ2) is 9.23. The molecule has 0 radical (unpaired) electrons. The number of nitriles is 1. The molecule has 11 nitrogen and oxygen atoms in total. The molecule has 0 saturated carbocycles. The number of aromatic nitrogens is 8. The van der Waals surface area contributed by atoms with Crippen LogP contribution in [0.3, 0.4) is 0 Å². The molecule has 1 N–H and O–H groups in total. The first kappa shape index (κ1) is 23.7. The Morgan fingerprint density at radius 2 is 2.03 bits per heavy atom. The summed E-state index contributed by atoms with van der Waals surface area (Å²) in [6.45, 7) is 4.08. The van der Waals surface area contributed by atoms with Gasteiger partial charge in [-0.1, -0.05) is 5.21 Å². The van der Waals surface area contributed by atoms with Gasteiger partial charge in [0.2, 0.25) is 5.88 Å². The highest BCUT2D eigenvalue weighted by Crippen LogP contribution is 2.32. The lowest BCUT2D eigenvalue weighted by atomic mass is 10.1. The van der Waals surface area contributed by atoms with E-state index in [1.54, 1.807) is 19.1 Å². The summed E-state index contributed by atoms with van der Waals surface area (Å²) in [7, 11) is 0. The third-order valence-electron chi connectivity index (χ3n) is 6.20. The molecule has 0 aliphatic carbocycles. The maximum atomic E-state index is 13.0. The number of halogens is 3. The number of ether oxygens (including phenoxy) is 1. The van der Waals surface area contributed by atoms with Gasteiger partial charge in [0.25, 0.3) is 0 Å². The Labute approximate surface area is 203 Å². The third kappa shape index (κ3) is 4.49. The zero-order valence-electron chi connectivity index (χ0n) is 19.6. The summed E-state index contributed by atoms with van der Waals surface area (Å²) in [5.41, 5.74) is 2.82. The number of nitrogens with zero attached hydrogens (tertiary/aromatic N) is 9. The maximum Gasteiger partial charge on any atom is 0.406 e. The molecule has 0 aromatic carbocycles. The van der Waals surface area contributed by atoms with E-state index in [0.29, 0.717) is 16.9 Å². The fourth-order valence-electron chi connectivity index (χ4n) is 4.51. The van der Waals surface area contributed by atoms with Crippen molar-refractivity contribution in [3.05, 3.63) is 41.9 Å². The standard InChI is InChI=1S/C22H23F3N10O/c1-13-20(30-32-35(13)16-3-5-27-6-4-16)15-7-18-28-10-17(9-26)34(18)19(8-15)36-14(2)21-31-29-12-33(21)11-22(23,24)25/h7-8,10,12,14,16,27H,3-6,11H2,1-2H3/t14-/m1/s1. The number of piperidine rings is 1. The van der Waals surface area contributed by atoms with Crippen molar-refractivity contribution in [2.75, 3.05) is 13.1 Å². The number of rotatable bonds is 6. The molecule has 5 heterocycles. The van der Waals surface area contributed by atoms with Crippen molar-refractivity contribution >= 4 is 5.65 Å². The molecule has 0 unspecified atom stereocenters. The summed E-state index contributed by atoms with van der Waals surface area (Å²) in [4.78, 5) is 4.31. The van der Waals surface area contributed by atoms with E-state index in [1.165, 1.54) is 10.6 Å². The Kier molecular flexibility index (Phi) is 6.09. The highest BCUT2D eigenvalue weighted by atomic mass is 19.4. The van der Waals surface area contributed by atoms with Gasteiger partial charge in [-0.15, -0.1) is 15.3 Å². The average molecular weight is 500 g/mol. The van der Waals surface area contributed by atoms with Crippen LogP contribution in [-0.4, -0.2) is 58.4 Å². The molecular weight excluding hydrogens is 477 g/mol. The fraction of sp³-hybridized carbons (Fsp3) is 0.455. The molecule has 1 aliphatic heterocycles. The Morgan fingerprint density at radius 3 is 2.75 bits per heavy atom. The number of alkyl halides is 3. The van der Waals surface area contributed by atoms with Crippen molar-refractivity contribution in [1.29, 1.82) is 5.26 Å². The van der Waals surface area contributed by atoms with E-state index in [2.05, 4.69) is 36.9 Å². The molecule has 0 bridgehead atoms. The van der Waals surface area contributed by atoms with Crippen LogP contribution in [0.4, 0.5) is 13.2 Å². The minimum atomic E-state index is -4.44. The molecule has 14 heteroatoms. The van der Waals surface area contributed by atoms with E-state index in [1.807, 2.05) is 11.6 Å². The number of pyridine rings is 1. The van der Waals surface area contributed by atoms with Crippen molar-refractivity contribution in [1.82, 2.24) is 44.5 Å². The van der Waals surface area contributed by atoms with Gasteiger partial charge in [0.1, 0.15) is 36.0 Å². The predicted molar refractivity (Wildman–Crippen MR) is 120 cm³/mol. The summed E-state index contributed by atoms with van der Waals surface area (Å²) >= 11 is 0.